The first kappa shape index (κ1) is 9.21. The van der Waals surface area contributed by atoms with Gasteiger partial charge in [0.15, 0.2) is 0 Å². The van der Waals surface area contributed by atoms with Gasteiger partial charge in [-0.2, -0.15) is 0 Å². The van der Waals surface area contributed by atoms with E-state index in [1.807, 2.05) is 42.6 Å². The number of fused-ring (bicyclic) bond motifs is 1. The van der Waals surface area contributed by atoms with E-state index in [-0.39, 0.29) is 0 Å². The van der Waals surface area contributed by atoms with Gasteiger partial charge in [0.1, 0.15) is 11.4 Å². The lowest BCUT2D eigenvalue weighted by molar-refractivity contribution is 0.471. The molecule has 72 valence electrons. The number of aromatic nitrogens is 1. The number of thiocarbonyl (C=S) groups is 1. The molecule has 2 aromatic rings. The van der Waals surface area contributed by atoms with E-state index >= 15 is 0 Å². The molecule has 2 nitrogen and oxygen atoms in total. The van der Waals surface area contributed by atoms with Gasteiger partial charge in [0, 0.05) is 16.6 Å². The highest BCUT2D eigenvalue weighted by molar-refractivity contribution is 7.80. The fourth-order valence-electron chi connectivity index (χ4n) is 1.69. The van der Waals surface area contributed by atoms with Crippen molar-refractivity contribution in [1.82, 2.24) is 4.40 Å². The number of hydrogen-bond donors (Lipinski definition) is 1. The third-order valence-corrected chi connectivity index (χ3v) is 2.59. The smallest absolute Gasteiger partial charge is 0.145 e. The predicted molar refractivity (Wildman–Crippen MR) is 61.2 cm³/mol. The molecule has 0 aromatic carbocycles. The highest BCUT2D eigenvalue weighted by atomic mass is 32.1. The summed E-state index contributed by atoms with van der Waals surface area (Å²) < 4.78 is 1.92. The number of aromatic hydroxyl groups is 1. The fourth-order valence-corrected chi connectivity index (χ4v) is 1.89. The first-order chi connectivity index (χ1) is 6.63. The second-order valence-electron chi connectivity index (χ2n) is 3.33. The third-order valence-electron chi connectivity index (χ3n) is 2.40. The van der Waals surface area contributed by atoms with Gasteiger partial charge in [-0.1, -0.05) is 18.3 Å². The number of hydrogen-bond acceptors (Lipinski definition) is 2. The van der Waals surface area contributed by atoms with E-state index in [1.54, 1.807) is 0 Å². The van der Waals surface area contributed by atoms with Crippen LogP contribution < -0.4 is 0 Å². The van der Waals surface area contributed by atoms with E-state index in [0.717, 1.165) is 16.8 Å². The summed E-state index contributed by atoms with van der Waals surface area (Å²) in [6.07, 6.45) is 1.91. The average molecular weight is 205 g/mol. The molecule has 2 aromatic heterocycles. The van der Waals surface area contributed by atoms with Gasteiger partial charge >= 0.3 is 0 Å². The van der Waals surface area contributed by atoms with Crippen LogP contribution in [0.5, 0.6) is 5.75 Å². The number of pyridine rings is 1. The third kappa shape index (κ3) is 1.13. The molecular weight excluding hydrogens is 194 g/mol. The first-order valence-electron chi connectivity index (χ1n) is 4.42. The van der Waals surface area contributed by atoms with Crippen molar-refractivity contribution < 1.29 is 5.11 Å². The Morgan fingerprint density at radius 3 is 2.79 bits per heavy atom. The molecule has 0 saturated carbocycles. The van der Waals surface area contributed by atoms with Crippen molar-refractivity contribution in [2.75, 3.05) is 0 Å². The Labute approximate surface area is 87.8 Å². The van der Waals surface area contributed by atoms with Crippen LogP contribution in [-0.2, 0) is 0 Å². The summed E-state index contributed by atoms with van der Waals surface area (Å²) >= 11 is 5.11. The number of aryl methyl sites for hydroxylation is 1. The molecule has 0 aliphatic rings. The van der Waals surface area contributed by atoms with Crippen LogP contribution in [0, 0.1) is 6.92 Å². The molecule has 1 N–H and O–H groups in total. The molecule has 14 heavy (non-hydrogen) atoms. The van der Waals surface area contributed by atoms with E-state index in [2.05, 4.69) is 0 Å². The van der Waals surface area contributed by atoms with Crippen LogP contribution >= 0.6 is 12.2 Å². The molecule has 0 unspecified atom stereocenters. The van der Waals surface area contributed by atoms with Crippen LogP contribution in [0.15, 0.2) is 24.4 Å². The van der Waals surface area contributed by atoms with Gasteiger partial charge in [-0.25, -0.2) is 0 Å². The van der Waals surface area contributed by atoms with Crippen molar-refractivity contribution in [2.45, 2.75) is 13.8 Å². The standard InChI is InChI=1S/C11H11NOS/c1-7-9-5-3-4-6-12(9)10(8(2)14)11(7)13/h3-6,13H,1-2H3. The predicted octanol–water partition coefficient (Wildman–Crippen LogP) is 2.69. The van der Waals surface area contributed by atoms with Crippen LogP contribution in [0.25, 0.3) is 5.52 Å². The topological polar surface area (TPSA) is 24.6 Å². The largest absolute Gasteiger partial charge is 0.505 e. The van der Waals surface area contributed by atoms with Crippen molar-refractivity contribution in [3.05, 3.63) is 35.7 Å². The summed E-state index contributed by atoms with van der Waals surface area (Å²) in [6, 6.07) is 5.84. The Morgan fingerprint density at radius 1 is 1.43 bits per heavy atom. The quantitative estimate of drug-likeness (QED) is 0.572. The molecule has 0 fully saturated rings. The van der Waals surface area contributed by atoms with E-state index < -0.39 is 0 Å². The Hall–Kier alpha value is -1.35. The van der Waals surface area contributed by atoms with E-state index in [0.29, 0.717) is 10.6 Å². The van der Waals surface area contributed by atoms with Gasteiger partial charge < -0.3 is 9.51 Å². The van der Waals surface area contributed by atoms with Gasteiger partial charge in [-0.15, -0.1) is 0 Å². The maximum absolute atomic E-state index is 9.88. The number of rotatable bonds is 1. The zero-order valence-corrected chi connectivity index (χ0v) is 8.93. The van der Waals surface area contributed by atoms with Crippen molar-refractivity contribution in [3.63, 3.8) is 0 Å². The lowest BCUT2D eigenvalue weighted by Crippen LogP contribution is -1.96. The Bertz CT molecular complexity index is 513. The lowest BCUT2D eigenvalue weighted by Gasteiger charge is -1.99. The van der Waals surface area contributed by atoms with Gasteiger partial charge in [-0.05, 0) is 26.0 Å². The van der Waals surface area contributed by atoms with Crippen molar-refractivity contribution in [1.29, 1.82) is 0 Å². The lowest BCUT2D eigenvalue weighted by atomic mass is 10.2. The van der Waals surface area contributed by atoms with Crippen LogP contribution in [-0.4, -0.2) is 14.4 Å². The van der Waals surface area contributed by atoms with Crippen molar-refractivity contribution in [2.24, 2.45) is 0 Å². The molecular formula is C11H11NOS. The maximum atomic E-state index is 9.88. The average Bonchev–Trinajstić information content (AvgIpc) is 2.41. The van der Waals surface area contributed by atoms with Crippen molar-refractivity contribution >= 4 is 22.6 Å². The monoisotopic (exact) mass is 205 g/mol. The fraction of sp³-hybridized carbons (Fsp3) is 0.182. The SMILES string of the molecule is CC(=S)c1c(O)c(C)c2ccccn12. The minimum Gasteiger partial charge on any atom is -0.505 e. The Kier molecular flexibility index (Phi) is 2.04. The van der Waals surface area contributed by atoms with Gasteiger partial charge in [0.2, 0.25) is 0 Å². The number of nitrogens with zero attached hydrogens (tertiary/aromatic N) is 1. The summed E-state index contributed by atoms with van der Waals surface area (Å²) in [7, 11) is 0. The Morgan fingerprint density at radius 2 is 2.14 bits per heavy atom. The molecule has 0 aliphatic heterocycles. The minimum absolute atomic E-state index is 0.295. The van der Waals surface area contributed by atoms with Gasteiger partial charge in [-0.3, -0.25) is 0 Å². The Balaban J connectivity index is 2.95. The molecule has 2 rings (SSSR count). The first-order valence-corrected chi connectivity index (χ1v) is 4.83. The normalized spacial score (nSPS) is 10.7. The highest BCUT2D eigenvalue weighted by Gasteiger charge is 2.14. The second-order valence-corrected chi connectivity index (χ2v) is 3.95. The second kappa shape index (κ2) is 3.10. The summed E-state index contributed by atoms with van der Waals surface area (Å²) in [4.78, 5) is 0.705. The van der Waals surface area contributed by atoms with Gasteiger partial charge in [0.25, 0.3) is 0 Å². The van der Waals surface area contributed by atoms with Crippen molar-refractivity contribution in [3.8, 4) is 5.75 Å². The van der Waals surface area contributed by atoms with Crippen LogP contribution in [0.4, 0.5) is 0 Å². The zero-order valence-electron chi connectivity index (χ0n) is 8.11. The van der Waals surface area contributed by atoms with Crippen LogP contribution in [0.2, 0.25) is 0 Å². The summed E-state index contributed by atoms with van der Waals surface area (Å²) in [5, 5.41) is 9.88. The van der Waals surface area contributed by atoms with E-state index in [4.69, 9.17) is 12.2 Å². The molecule has 0 aliphatic carbocycles. The molecule has 0 atom stereocenters. The minimum atomic E-state index is 0.295. The molecule has 0 spiro atoms. The molecule has 3 heteroatoms. The highest BCUT2D eigenvalue weighted by Crippen LogP contribution is 2.29. The van der Waals surface area contributed by atoms with E-state index in [9.17, 15) is 5.11 Å². The molecule has 0 radical (unpaired) electrons. The summed E-state index contributed by atoms with van der Waals surface area (Å²) in [5.74, 6) is 0.295. The molecule has 0 amide bonds. The van der Waals surface area contributed by atoms with Gasteiger partial charge in [0.05, 0.1) is 5.52 Å². The zero-order chi connectivity index (χ0) is 10.3. The maximum Gasteiger partial charge on any atom is 0.145 e. The molecule has 0 saturated heterocycles. The summed E-state index contributed by atoms with van der Waals surface area (Å²) in [5.41, 5.74) is 2.61. The van der Waals surface area contributed by atoms with Crippen LogP contribution in [0.3, 0.4) is 0 Å². The van der Waals surface area contributed by atoms with E-state index in [1.165, 1.54) is 0 Å². The molecule has 0 bridgehead atoms. The van der Waals surface area contributed by atoms with Crippen LogP contribution in [0.1, 0.15) is 18.2 Å². The summed E-state index contributed by atoms with van der Waals surface area (Å²) in [6.45, 7) is 3.72. The molecule has 2 heterocycles.